The van der Waals surface area contributed by atoms with Crippen molar-refractivity contribution in [3.05, 3.63) is 149 Å². The van der Waals surface area contributed by atoms with E-state index in [2.05, 4.69) is 10.3 Å². The minimum Gasteiger partial charge on any atom is -0.479 e. The maximum atomic E-state index is 13.2. The number of aliphatic hydroxyl groups excluding tert-OH is 1. The second kappa shape index (κ2) is 21.2. The molecule has 5 heterocycles. The number of ether oxygens (including phenoxy) is 8. The summed E-state index contributed by atoms with van der Waals surface area (Å²) in [4.78, 5) is 40.7. The van der Waals surface area contributed by atoms with Crippen molar-refractivity contribution < 1.29 is 57.7 Å². The molecule has 9 rings (SSSR count). The van der Waals surface area contributed by atoms with Crippen LogP contribution in [0, 0.1) is 5.92 Å². The average molecular weight is 944 g/mol. The third kappa shape index (κ3) is 11.2. The molecule has 0 bridgehead atoms. The number of nitrogens with zero attached hydrogens (tertiary/aromatic N) is 4. The van der Waals surface area contributed by atoms with Gasteiger partial charge in [-0.2, -0.15) is 9.97 Å². The normalized spacial score (nSPS) is 25.2. The molecule has 9 atom stereocenters. The van der Waals surface area contributed by atoms with Gasteiger partial charge in [-0.3, -0.25) is 14.7 Å². The molecule has 3 fully saturated rings. The maximum Gasteiger partial charge on any atom is 0.335 e. The predicted octanol–water partition coefficient (Wildman–Crippen LogP) is 6.56. The van der Waals surface area contributed by atoms with Crippen LogP contribution in [0.25, 0.3) is 11.2 Å². The van der Waals surface area contributed by atoms with Crippen LogP contribution >= 0.6 is 0 Å². The number of aliphatic hydroxyl groups is 1. The number of carboxylic acid groups (broad SMARTS) is 1. The Balaban J connectivity index is 1.15. The van der Waals surface area contributed by atoms with E-state index >= 15 is 0 Å². The highest BCUT2D eigenvalue weighted by Crippen LogP contribution is 2.45. The SMILES string of the molecule is CC(C)C(=O)Nc1nc(OCc2ccccc2)c2nc(C[C@H]3O[C@H](COCc4ccccc4)[C@@H](OCc4ccccc4)[C@H](O)[C@@H]3OCc3ccccc3)n([C@@H]3O[C@H](C(=O)O)[C@H]4OC(C)(C)O[C@H]43)c2n1. The molecule has 3 saturated heterocycles. The fraction of sp³-hybridized carbons (Fsp3) is 0.404. The van der Waals surface area contributed by atoms with E-state index in [4.69, 9.17) is 47.9 Å². The molecular weight excluding hydrogens is 887 g/mol. The Kier molecular flexibility index (Phi) is 14.7. The van der Waals surface area contributed by atoms with Crippen LogP contribution in [0.4, 0.5) is 5.95 Å². The Bertz CT molecular complexity index is 2650. The van der Waals surface area contributed by atoms with Crippen molar-refractivity contribution in [3.8, 4) is 5.88 Å². The predicted molar refractivity (Wildman–Crippen MR) is 249 cm³/mol. The van der Waals surface area contributed by atoms with Gasteiger partial charge in [0.2, 0.25) is 17.7 Å². The van der Waals surface area contributed by atoms with Crippen molar-refractivity contribution in [2.75, 3.05) is 11.9 Å². The van der Waals surface area contributed by atoms with Crippen LogP contribution in [0.1, 0.15) is 62.0 Å². The molecule has 17 heteroatoms. The smallest absolute Gasteiger partial charge is 0.335 e. The van der Waals surface area contributed by atoms with Crippen molar-refractivity contribution in [3.63, 3.8) is 0 Å². The number of carboxylic acids is 1. The van der Waals surface area contributed by atoms with Gasteiger partial charge in [-0.1, -0.05) is 135 Å². The Morgan fingerprint density at radius 2 is 1.25 bits per heavy atom. The molecule has 4 aromatic carbocycles. The van der Waals surface area contributed by atoms with E-state index in [1.54, 1.807) is 32.3 Å². The highest BCUT2D eigenvalue weighted by Gasteiger charge is 2.59. The quantitative estimate of drug-likeness (QED) is 0.0787. The number of rotatable bonds is 19. The minimum atomic E-state index is -1.44. The standard InChI is InChI=1S/C52H57N5O12/c1-31(2)47(59)55-51-54-46-39(48(56-51)65-29-35-23-15-8-16-24-35)53-38(57(46)49-44-43(45(67-49)50(60)61)68-52(3,4)69-44)25-36-41(63-27-33-19-11-6-12-20-33)40(58)42(64-28-34-21-13-7-14-22-34)37(66-36)30-62-26-32-17-9-5-10-18-32/h5-24,31,36-37,40-45,49,58H,25-30H2,1-4H3,(H,60,61)(H,54,55,56,59)/t36-,37-,40-,41-,42-,43+,44-,45+,49-/m1/s1. The summed E-state index contributed by atoms with van der Waals surface area (Å²) in [6.07, 6.45) is -9.60. The first-order chi connectivity index (χ1) is 33.4. The zero-order chi connectivity index (χ0) is 48.1. The summed E-state index contributed by atoms with van der Waals surface area (Å²) in [5.41, 5.74) is 3.90. The molecule has 0 aliphatic carbocycles. The Morgan fingerprint density at radius 1 is 0.710 bits per heavy atom. The van der Waals surface area contributed by atoms with E-state index in [0.29, 0.717) is 0 Å². The number of anilines is 1. The molecule has 3 aliphatic heterocycles. The monoisotopic (exact) mass is 943 g/mol. The summed E-state index contributed by atoms with van der Waals surface area (Å²) in [6, 6.07) is 38.4. The topological polar surface area (TPSA) is 204 Å². The summed E-state index contributed by atoms with van der Waals surface area (Å²) in [6.45, 7) is 7.60. The number of fused-ring (bicyclic) bond motifs is 2. The number of carbonyl (C=O) groups is 2. The second-order valence-corrected chi connectivity index (χ2v) is 18.1. The van der Waals surface area contributed by atoms with Gasteiger partial charge >= 0.3 is 5.97 Å². The molecule has 3 N–H and O–H groups in total. The third-order valence-electron chi connectivity index (χ3n) is 12.2. The number of aromatic nitrogens is 4. The molecule has 0 spiro atoms. The lowest BCUT2D eigenvalue weighted by Gasteiger charge is -2.44. The van der Waals surface area contributed by atoms with Crippen molar-refractivity contribution in [2.24, 2.45) is 5.92 Å². The molecule has 6 aromatic rings. The first kappa shape index (κ1) is 47.9. The molecular formula is C52H57N5O12. The van der Waals surface area contributed by atoms with Crippen LogP contribution in [-0.4, -0.2) is 103 Å². The molecule has 17 nitrogen and oxygen atoms in total. The lowest BCUT2D eigenvalue weighted by molar-refractivity contribution is -0.260. The molecule has 1 amide bonds. The summed E-state index contributed by atoms with van der Waals surface area (Å²) >= 11 is 0. The van der Waals surface area contributed by atoms with Gasteiger partial charge in [-0.15, -0.1) is 0 Å². The average Bonchev–Trinajstić information content (AvgIpc) is 3.99. The Labute approximate surface area is 399 Å². The number of carbonyl (C=O) groups excluding carboxylic acids is 1. The van der Waals surface area contributed by atoms with Gasteiger partial charge < -0.3 is 48.1 Å². The van der Waals surface area contributed by atoms with Crippen LogP contribution < -0.4 is 10.1 Å². The summed E-state index contributed by atoms with van der Waals surface area (Å²) < 4.78 is 53.5. The fourth-order valence-electron chi connectivity index (χ4n) is 8.82. The van der Waals surface area contributed by atoms with E-state index in [0.717, 1.165) is 22.3 Å². The summed E-state index contributed by atoms with van der Waals surface area (Å²) in [5, 5.41) is 25.9. The molecule has 362 valence electrons. The first-order valence-corrected chi connectivity index (χ1v) is 23.2. The highest BCUT2D eigenvalue weighted by atomic mass is 16.8. The first-order valence-electron chi connectivity index (χ1n) is 23.2. The van der Waals surface area contributed by atoms with Crippen LogP contribution in [0.15, 0.2) is 121 Å². The number of imidazole rings is 1. The Morgan fingerprint density at radius 3 is 1.81 bits per heavy atom. The van der Waals surface area contributed by atoms with Crippen molar-refractivity contribution in [2.45, 2.75) is 121 Å². The van der Waals surface area contributed by atoms with Gasteiger partial charge in [0.1, 0.15) is 49.1 Å². The van der Waals surface area contributed by atoms with E-state index in [-0.39, 0.29) is 74.2 Å². The maximum absolute atomic E-state index is 13.2. The zero-order valence-electron chi connectivity index (χ0n) is 38.8. The largest absolute Gasteiger partial charge is 0.479 e. The van der Waals surface area contributed by atoms with Crippen LogP contribution in [0.3, 0.4) is 0 Å². The summed E-state index contributed by atoms with van der Waals surface area (Å²) in [7, 11) is 0. The van der Waals surface area contributed by atoms with Crippen LogP contribution in [0.5, 0.6) is 5.88 Å². The zero-order valence-corrected chi connectivity index (χ0v) is 38.8. The number of benzene rings is 4. The van der Waals surface area contributed by atoms with E-state index < -0.39 is 72.7 Å². The molecule has 0 saturated carbocycles. The van der Waals surface area contributed by atoms with E-state index in [1.807, 2.05) is 121 Å². The highest BCUT2D eigenvalue weighted by molar-refractivity contribution is 5.91. The van der Waals surface area contributed by atoms with Gasteiger partial charge in [0.25, 0.3) is 0 Å². The van der Waals surface area contributed by atoms with E-state index in [1.165, 1.54) is 0 Å². The number of aliphatic carboxylic acids is 1. The molecule has 2 aromatic heterocycles. The van der Waals surface area contributed by atoms with Crippen molar-refractivity contribution >= 4 is 29.0 Å². The van der Waals surface area contributed by atoms with E-state index in [9.17, 15) is 19.8 Å². The van der Waals surface area contributed by atoms with Crippen LogP contribution in [0.2, 0.25) is 0 Å². The number of hydrogen-bond acceptors (Lipinski definition) is 14. The molecule has 0 unspecified atom stereocenters. The fourth-order valence-corrected chi connectivity index (χ4v) is 8.82. The van der Waals surface area contributed by atoms with Gasteiger partial charge in [-0.25, -0.2) is 9.78 Å². The van der Waals surface area contributed by atoms with Gasteiger partial charge in [0.05, 0.1) is 32.5 Å². The number of nitrogens with one attached hydrogen (secondary N) is 1. The number of hydrogen-bond donors (Lipinski definition) is 3. The molecule has 3 aliphatic rings. The van der Waals surface area contributed by atoms with Gasteiger partial charge in [-0.05, 0) is 36.1 Å². The lowest BCUT2D eigenvalue weighted by Crippen LogP contribution is -2.61. The second-order valence-electron chi connectivity index (χ2n) is 18.1. The van der Waals surface area contributed by atoms with Gasteiger partial charge in [0.15, 0.2) is 29.3 Å². The molecule has 0 radical (unpaired) electrons. The van der Waals surface area contributed by atoms with Crippen LogP contribution in [-0.2, 0) is 75.6 Å². The Hall–Kier alpha value is -6.15. The van der Waals surface area contributed by atoms with Gasteiger partial charge in [0, 0.05) is 12.3 Å². The summed E-state index contributed by atoms with van der Waals surface area (Å²) in [5.74, 6) is -2.96. The number of amides is 1. The van der Waals surface area contributed by atoms with Crippen molar-refractivity contribution in [1.82, 2.24) is 19.5 Å². The third-order valence-corrected chi connectivity index (χ3v) is 12.2. The van der Waals surface area contributed by atoms with Crippen molar-refractivity contribution in [1.29, 1.82) is 0 Å². The minimum absolute atomic E-state index is 0.0409. The lowest BCUT2D eigenvalue weighted by atomic mass is 9.92. The molecule has 69 heavy (non-hydrogen) atoms.